The monoisotopic (exact) mass is 318 g/mol. The van der Waals surface area contributed by atoms with Gasteiger partial charge in [-0.05, 0) is 48.9 Å². The predicted octanol–water partition coefficient (Wildman–Crippen LogP) is 2.57. The van der Waals surface area contributed by atoms with Gasteiger partial charge in [0.2, 0.25) is 5.91 Å². The Balaban J connectivity index is 1.85. The summed E-state index contributed by atoms with van der Waals surface area (Å²) in [5, 5.41) is 5.10. The lowest BCUT2D eigenvalue weighted by molar-refractivity contribution is -0.120. The van der Waals surface area contributed by atoms with Crippen molar-refractivity contribution in [3.8, 4) is 0 Å². The Morgan fingerprint density at radius 1 is 1.04 bits per heavy atom. The highest BCUT2D eigenvalue weighted by Gasteiger charge is 2.12. The van der Waals surface area contributed by atoms with Crippen molar-refractivity contribution < 1.29 is 18.4 Å². The molecule has 2 aromatic rings. The molecule has 4 nitrogen and oxygen atoms in total. The normalized spacial score (nSPS) is 11.6. The molecule has 0 aromatic heterocycles. The Morgan fingerprint density at radius 3 is 2.39 bits per heavy atom. The van der Waals surface area contributed by atoms with E-state index in [1.807, 2.05) is 0 Å². The fraction of sp³-hybridized carbons (Fsp3) is 0.176. The maximum atomic E-state index is 13.1. The molecule has 120 valence electrons. The molecule has 0 heterocycles. The molecular weight excluding hydrogens is 302 g/mol. The highest BCUT2D eigenvalue weighted by molar-refractivity contribution is 5.96. The van der Waals surface area contributed by atoms with E-state index in [4.69, 9.17) is 0 Å². The van der Waals surface area contributed by atoms with Crippen molar-refractivity contribution in [2.45, 2.75) is 13.0 Å². The number of carbonyl (C=O) groups excluding carboxylic acids is 2. The Kier molecular flexibility index (Phi) is 5.41. The molecule has 0 saturated heterocycles. The fourth-order valence-electron chi connectivity index (χ4n) is 2.02. The van der Waals surface area contributed by atoms with Crippen LogP contribution < -0.4 is 10.6 Å². The van der Waals surface area contributed by atoms with Crippen LogP contribution in [0.3, 0.4) is 0 Å². The third-order valence-electron chi connectivity index (χ3n) is 3.24. The number of carbonyl (C=O) groups is 2. The number of hydrogen-bond acceptors (Lipinski definition) is 2. The molecule has 2 amide bonds. The number of hydrogen-bond donors (Lipinski definition) is 2. The lowest BCUT2D eigenvalue weighted by atomic mass is 10.1. The summed E-state index contributed by atoms with van der Waals surface area (Å²) >= 11 is 0. The average Bonchev–Trinajstić information content (AvgIpc) is 2.53. The standard InChI is InChI=1S/C17H16F2N2O2/c1-11(13-3-2-4-15(19)9-13)21-16(22)10-20-17(23)12-5-7-14(18)8-6-12/h2-9,11H,10H2,1H3,(H,20,23)(H,21,22). The fourth-order valence-corrected chi connectivity index (χ4v) is 2.02. The van der Waals surface area contributed by atoms with E-state index >= 15 is 0 Å². The number of amides is 2. The molecule has 2 rings (SSSR count). The van der Waals surface area contributed by atoms with Crippen LogP contribution in [0.5, 0.6) is 0 Å². The quantitative estimate of drug-likeness (QED) is 0.890. The second kappa shape index (κ2) is 7.49. The lowest BCUT2D eigenvalue weighted by Crippen LogP contribution is -2.38. The van der Waals surface area contributed by atoms with Crippen LogP contribution in [0, 0.1) is 11.6 Å². The zero-order chi connectivity index (χ0) is 16.8. The average molecular weight is 318 g/mol. The summed E-state index contributed by atoms with van der Waals surface area (Å²) < 4.78 is 25.9. The van der Waals surface area contributed by atoms with E-state index < -0.39 is 17.6 Å². The SMILES string of the molecule is CC(NC(=O)CNC(=O)c1ccc(F)cc1)c1cccc(F)c1. The van der Waals surface area contributed by atoms with Gasteiger partial charge in [-0.1, -0.05) is 12.1 Å². The van der Waals surface area contributed by atoms with E-state index in [1.165, 1.54) is 36.4 Å². The molecule has 0 fully saturated rings. The van der Waals surface area contributed by atoms with E-state index in [2.05, 4.69) is 10.6 Å². The van der Waals surface area contributed by atoms with Gasteiger partial charge in [-0.2, -0.15) is 0 Å². The summed E-state index contributed by atoms with van der Waals surface area (Å²) in [6, 6.07) is 10.5. The van der Waals surface area contributed by atoms with Gasteiger partial charge in [0.15, 0.2) is 0 Å². The Labute approximate surface area is 132 Å². The summed E-state index contributed by atoms with van der Waals surface area (Å²) in [4.78, 5) is 23.6. The maximum absolute atomic E-state index is 13.1. The smallest absolute Gasteiger partial charge is 0.251 e. The minimum absolute atomic E-state index is 0.226. The molecule has 1 atom stereocenters. The van der Waals surface area contributed by atoms with Gasteiger partial charge < -0.3 is 10.6 Å². The van der Waals surface area contributed by atoms with Gasteiger partial charge >= 0.3 is 0 Å². The molecule has 0 aliphatic heterocycles. The predicted molar refractivity (Wildman–Crippen MR) is 81.7 cm³/mol. The number of nitrogens with one attached hydrogen (secondary N) is 2. The Morgan fingerprint density at radius 2 is 1.74 bits per heavy atom. The van der Waals surface area contributed by atoms with Crippen molar-refractivity contribution in [1.29, 1.82) is 0 Å². The molecule has 6 heteroatoms. The van der Waals surface area contributed by atoms with E-state index in [9.17, 15) is 18.4 Å². The summed E-state index contributed by atoms with van der Waals surface area (Å²) in [7, 11) is 0. The van der Waals surface area contributed by atoms with Gasteiger partial charge in [0.1, 0.15) is 11.6 Å². The molecule has 2 aromatic carbocycles. The van der Waals surface area contributed by atoms with E-state index in [-0.39, 0.29) is 24.0 Å². The van der Waals surface area contributed by atoms with Crippen molar-refractivity contribution in [1.82, 2.24) is 10.6 Å². The molecule has 0 spiro atoms. The van der Waals surface area contributed by atoms with Gasteiger partial charge in [-0.3, -0.25) is 9.59 Å². The van der Waals surface area contributed by atoms with Crippen molar-refractivity contribution in [3.05, 3.63) is 71.3 Å². The van der Waals surface area contributed by atoms with Crippen LogP contribution in [0.1, 0.15) is 28.9 Å². The first-order valence-electron chi connectivity index (χ1n) is 7.04. The van der Waals surface area contributed by atoms with Crippen LogP contribution in [0.15, 0.2) is 48.5 Å². The minimum atomic E-state index is -0.474. The molecule has 1 unspecified atom stereocenters. The first kappa shape index (κ1) is 16.6. The molecule has 0 radical (unpaired) electrons. The van der Waals surface area contributed by atoms with Gasteiger partial charge in [-0.15, -0.1) is 0 Å². The lowest BCUT2D eigenvalue weighted by Gasteiger charge is -2.14. The minimum Gasteiger partial charge on any atom is -0.348 e. The summed E-state index contributed by atoms with van der Waals surface area (Å²) in [5.41, 5.74) is 0.889. The van der Waals surface area contributed by atoms with Gasteiger partial charge in [0.05, 0.1) is 12.6 Å². The van der Waals surface area contributed by atoms with Crippen molar-refractivity contribution in [3.63, 3.8) is 0 Å². The number of halogens is 2. The summed E-state index contributed by atoms with van der Waals surface area (Å²) in [6.45, 7) is 1.49. The van der Waals surface area contributed by atoms with Crippen molar-refractivity contribution in [2.75, 3.05) is 6.54 Å². The molecule has 0 bridgehead atoms. The largest absolute Gasteiger partial charge is 0.348 e. The van der Waals surface area contributed by atoms with Gasteiger partial charge in [0.25, 0.3) is 5.91 Å². The number of rotatable bonds is 5. The van der Waals surface area contributed by atoms with Crippen molar-refractivity contribution in [2.24, 2.45) is 0 Å². The third kappa shape index (κ3) is 4.88. The van der Waals surface area contributed by atoms with Crippen LogP contribution in [0.2, 0.25) is 0 Å². The molecule has 0 aliphatic carbocycles. The first-order valence-corrected chi connectivity index (χ1v) is 7.04. The highest BCUT2D eigenvalue weighted by atomic mass is 19.1. The molecule has 2 N–H and O–H groups in total. The Bertz CT molecular complexity index is 702. The molecule has 0 saturated carbocycles. The second-order valence-corrected chi connectivity index (χ2v) is 5.03. The zero-order valence-corrected chi connectivity index (χ0v) is 12.5. The van der Waals surface area contributed by atoms with Crippen molar-refractivity contribution >= 4 is 11.8 Å². The van der Waals surface area contributed by atoms with Crippen LogP contribution in [0.4, 0.5) is 8.78 Å². The first-order chi connectivity index (χ1) is 11.0. The van der Waals surface area contributed by atoms with Crippen LogP contribution >= 0.6 is 0 Å². The van der Waals surface area contributed by atoms with Crippen LogP contribution in [0.25, 0.3) is 0 Å². The van der Waals surface area contributed by atoms with E-state index in [0.29, 0.717) is 5.56 Å². The molecular formula is C17H16F2N2O2. The zero-order valence-electron chi connectivity index (χ0n) is 12.5. The highest BCUT2D eigenvalue weighted by Crippen LogP contribution is 2.13. The maximum Gasteiger partial charge on any atom is 0.251 e. The third-order valence-corrected chi connectivity index (χ3v) is 3.24. The van der Waals surface area contributed by atoms with Gasteiger partial charge in [0, 0.05) is 5.56 Å². The second-order valence-electron chi connectivity index (χ2n) is 5.03. The summed E-state index contributed by atoms with van der Waals surface area (Å²) in [6.07, 6.45) is 0. The van der Waals surface area contributed by atoms with Crippen LogP contribution in [-0.4, -0.2) is 18.4 Å². The van der Waals surface area contributed by atoms with E-state index in [1.54, 1.807) is 19.1 Å². The summed E-state index contributed by atoms with van der Waals surface area (Å²) in [5.74, 6) is -1.70. The molecule has 23 heavy (non-hydrogen) atoms. The molecule has 0 aliphatic rings. The van der Waals surface area contributed by atoms with Crippen LogP contribution in [-0.2, 0) is 4.79 Å². The topological polar surface area (TPSA) is 58.2 Å². The Hall–Kier alpha value is -2.76. The number of benzene rings is 2. The van der Waals surface area contributed by atoms with Gasteiger partial charge in [-0.25, -0.2) is 8.78 Å². The van der Waals surface area contributed by atoms with E-state index in [0.717, 1.165) is 0 Å².